The zero-order valence-corrected chi connectivity index (χ0v) is 8.03. The molecule has 2 nitrogen and oxygen atoms in total. The van der Waals surface area contributed by atoms with Crippen LogP contribution in [0.3, 0.4) is 0 Å². The molecule has 0 unspecified atom stereocenters. The molecule has 0 aromatic heterocycles. The molecule has 2 aromatic carbocycles. The van der Waals surface area contributed by atoms with E-state index in [1.807, 2.05) is 30.3 Å². The molecule has 72 valence electrons. The first-order valence-electron chi connectivity index (χ1n) is 4.60. The fourth-order valence-electron chi connectivity index (χ4n) is 1.21. The topological polar surface area (TPSA) is 29.1 Å². The molecule has 1 N–H and O–H groups in total. The van der Waals surface area contributed by atoms with Gasteiger partial charge in [0.25, 0.3) is 5.91 Å². The standard InChI is InChI=1S/C13H9NO/c15-13(11-7-3-1-4-8-11)14-12-9-5-2-6-10-12/h2-3,5-10H,(H,14,15). The number of benzene rings is 2. The monoisotopic (exact) mass is 195 g/mol. The minimum absolute atomic E-state index is 0.133. The third-order valence-corrected chi connectivity index (χ3v) is 1.95. The van der Waals surface area contributed by atoms with E-state index in [0.29, 0.717) is 5.56 Å². The van der Waals surface area contributed by atoms with Crippen LogP contribution in [0.25, 0.3) is 0 Å². The Hall–Kier alpha value is -2.09. The molecule has 0 aliphatic rings. The fourth-order valence-corrected chi connectivity index (χ4v) is 1.21. The molecule has 2 aromatic rings. The summed E-state index contributed by atoms with van der Waals surface area (Å²) in [6.45, 7) is 0. The van der Waals surface area contributed by atoms with E-state index in [9.17, 15) is 4.79 Å². The molecule has 0 aliphatic heterocycles. The van der Waals surface area contributed by atoms with Gasteiger partial charge in [-0.1, -0.05) is 24.3 Å². The van der Waals surface area contributed by atoms with E-state index in [-0.39, 0.29) is 5.91 Å². The first-order chi connectivity index (χ1) is 7.36. The van der Waals surface area contributed by atoms with Crippen molar-refractivity contribution in [2.24, 2.45) is 0 Å². The van der Waals surface area contributed by atoms with E-state index in [1.165, 1.54) is 0 Å². The van der Waals surface area contributed by atoms with Gasteiger partial charge in [0, 0.05) is 11.3 Å². The highest BCUT2D eigenvalue weighted by molar-refractivity contribution is 6.04. The molecule has 0 aliphatic carbocycles. The number of anilines is 1. The van der Waals surface area contributed by atoms with Crippen LogP contribution >= 0.6 is 0 Å². The first-order valence-corrected chi connectivity index (χ1v) is 4.60. The van der Waals surface area contributed by atoms with Crippen LogP contribution in [0.5, 0.6) is 0 Å². The lowest BCUT2D eigenvalue weighted by Gasteiger charge is -2.03. The molecular formula is C13H9NO. The van der Waals surface area contributed by atoms with E-state index in [0.717, 1.165) is 5.69 Å². The van der Waals surface area contributed by atoms with Gasteiger partial charge in [-0.15, -0.1) is 0 Å². The quantitative estimate of drug-likeness (QED) is 0.783. The number of nitrogens with one attached hydrogen (secondary N) is 1. The van der Waals surface area contributed by atoms with Gasteiger partial charge in [-0.05, 0) is 36.4 Å². The summed E-state index contributed by atoms with van der Waals surface area (Å²) in [5.74, 6) is -0.133. The molecule has 0 spiro atoms. The second-order valence-electron chi connectivity index (χ2n) is 3.04. The maximum Gasteiger partial charge on any atom is 0.255 e. The largest absolute Gasteiger partial charge is 0.322 e. The van der Waals surface area contributed by atoms with Crippen molar-refractivity contribution in [2.45, 2.75) is 0 Å². The molecule has 2 radical (unpaired) electrons. The smallest absolute Gasteiger partial charge is 0.255 e. The SMILES string of the molecule is O=C(Nc1ccccc1)c1c[c][c]cc1. The fraction of sp³-hybridized carbons (Fsp3) is 0. The highest BCUT2D eigenvalue weighted by Gasteiger charge is 2.03. The summed E-state index contributed by atoms with van der Waals surface area (Å²) >= 11 is 0. The van der Waals surface area contributed by atoms with E-state index in [4.69, 9.17) is 0 Å². The summed E-state index contributed by atoms with van der Waals surface area (Å²) in [7, 11) is 0. The molecule has 0 fully saturated rings. The maximum absolute atomic E-state index is 11.7. The van der Waals surface area contributed by atoms with Crippen molar-refractivity contribution < 1.29 is 4.79 Å². The average Bonchev–Trinajstić information content (AvgIpc) is 2.31. The van der Waals surface area contributed by atoms with Crippen molar-refractivity contribution in [1.82, 2.24) is 0 Å². The summed E-state index contributed by atoms with van der Waals surface area (Å²) in [5, 5.41) is 2.79. The first kappa shape index (κ1) is 9.46. The van der Waals surface area contributed by atoms with Crippen LogP contribution in [-0.2, 0) is 0 Å². The van der Waals surface area contributed by atoms with E-state index in [2.05, 4.69) is 17.4 Å². The number of para-hydroxylation sites is 1. The molecule has 0 saturated heterocycles. The van der Waals surface area contributed by atoms with Crippen molar-refractivity contribution >= 4 is 11.6 Å². The van der Waals surface area contributed by atoms with Gasteiger partial charge in [0.15, 0.2) is 0 Å². The van der Waals surface area contributed by atoms with Gasteiger partial charge in [0.1, 0.15) is 0 Å². The molecular weight excluding hydrogens is 186 g/mol. The summed E-state index contributed by atoms with van der Waals surface area (Å²) in [6.07, 6.45) is 0. The minimum atomic E-state index is -0.133. The number of carbonyl (C=O) groups is 1. The van der Waals surface area contributed by atoms with Gasteiger partial charge in [0.05, 0.1) is 0 Å². The Morgan fingerprint density at radius 2 is 1.87 bits per heavy atom. The molecule has 15 heavy (non-hydrogen) atoms. The lowest BCUT2D eigenvalue weighted by molar-refractivity contribution is 0.102. The zero-order valence-electron chi connectivity index (χ0n) is 8.03. The van der Waals surface area contributed by atoms with Crippen LogP contribution in [-0.4, -0.2) is 5.91 Å². The summed E-state index contributed by atoms with van der Waals surface area (Å²) in [4.78, 5) is 11.7. The van der Waals surface area contributed by atoms with Gasteiger partial charge in [-0.2, -0.15) is 0 Å². The Labute approximate surface area is 88.6 Å². The third-order valence-electron chi connectivity index (χ3n) is 1.95. The van der Waals surface area contributed by atoms with Crippen LogP contribution in [0.1, 0.15) is 10.4 Å². The van der Waals surface area contributed by atoms with Gasteiger partial charge < -0.3 is 5.32 Å². The maximum atomic E-state index is 11.7. The minimum Gasteiger partial charge on any atom is -0.322 e. The third kappa shape index (κ3) is 2.44. The Bertz CT molecular complexity index is 437. The van der Waals surface area contributed by atoms with Gasteiger partial charge in [0.2, 0.25) is 0 Å². The van der Waals surface area contributed by atoms with Crippen LogP contribution in [0.4, 0.5) is 5.69 Å². The summed E-state index contributed by atoms with van der Waals surface area (Å²) in [5.41, 5.74) is 1.37. The van der Waals surface area contributed by atoms with Crippen LogP contribution in [0, 0.1) is 12.1 Å². The van der Waals surface area contributed by atoms with E-state index in [1.54, 1.807) is 18.2 Å². The Morgan fingerprint density at radius 1 is 1.07 bits per heavy atom. The lowest BCUT2D eigenvalue weighted by atomic mass is 10.2. The second-order valence-corrected chi connectivity index (χ2v) is 3.04. The number of rotatable bonds is 2. The lowest BCUT2D eigenvalue weighted by Crippen LogP contribution is -2.11. The molecule has 2 rings (SSSR count). The Balaban J connectivity index is 2.12. The number of carbonyl (C=O) groups excluding carboxylic acids is 1. The molecule has 0 atom stereocenters. The van der Waals surface area contributed by atoms with E-state index >= 15 is 0 Å². The van der Waals surface area contributed by atoms with Crippen molar-refractivity contribution in [3.05, 3.63) is 66.2 Å². The summed E-state index contributed by atoms with van der Waals surface area (Å²) in [6, 6.07) is 19.8. The Morgan fingerprint density at radius 3 is 2.53 bits per heavy atom. The Kier molecular flexibility index (Phi) is 2.79. The van der Waals surface area contributed by atoms with Crippen molar-refractivity contribution in [3.63, 3.8) is 0 Å². The van der Waals surface area contributed by atoms with Crippen molar-refractivity contribution in [1.29, 1.82) is 0 Å². The molecule has 0 bridgehead atoms. The van der Waals surface area contributed by atoms with Gasteiger partial charge in [-0.3, -0.25) is 4.79 Å². The van der Waals surface area contributed by atoms with Crippen LogP contribution in [0.2, 0.25) is 0 Å². The van der Waals surface area contributed by atoms with Gasteiger partial charge in [-0.25, -0.2) is 0 Å². The highest BCUT2D eigenvalue weighted by atomic mass is 16.1. The van der Waals surface area contributed by atoms with Crippen molar-refractivity contribution in [2.75, 3.05) is 5.32 Å². The molecule has 0 heterocycles. The second kappa shape index (κ2) is 4.42. The number of hydrogen-bond acceptors (Lipinski definition) is 1. The normalized spacial score (nSPS) is 9.60. The van der Waals surface area contributed by atoms with Crippen LogP contribution < -0.4 is 5.32 Å². The number of hydrogen-bond donors (Lipinski definition) is 1. The zero-order chi connectivity index (χ0) is 10.5. The molecule has 0 saturated carbocycles. The average molecular weight is 195 g/mol. The predicted octanol–water partition coefficient (Wildman–Crippen LogP) is 2.54. The molecule has 1 amide bonds. The molecule has 2 heteroatoms. The summed E-state index contributed by atoms with van der Waals surface area (Å²) < 4.78 is 0. The predicted molar refractivity (Wildman–Crippen MR) is 58.5 cm³/mol. The van der Waals surface area contributed by atoms with E-state index < -0.39 is 0 Å². The van der Waals surface area contributed by atoms with Gasteiger partial charge >= 0.3 is 0 Å². The number of amides is 1. The van der Waals surface area contributed by atoms with Crippen LogP contribution in [0.15, 0.2) is 48.5 Å². The highest BCUT2D eigenvalue weighted by Crippen LogP contribution is 2.07. The van der Waals surface area contributed by atoms with Crippen molar-refractivity contribution in [3.8, 4) is 0 Å².